The maximum atomic E-state index is 6.59. The number of anilines is 6. The highest BCUT2D eigenvalue weighted by atomic mass is 16.3. The Balaban J connectivity index is 1.42. The lowest BCUT2D eigenvalue weighted by Crippen LogP contribution is -2.13. The molecule has 0 aliphatic carbocycles. The molecule has 0 bridgehead atoms. The van der Waals surface area contributed by atoms with E-state index >= 15 is 0 Å². The standard InChI is InChI=1S/C41H29N3O/c1-5-16-31(17-6-1)41-42-40-38(44(34-21-9-3-10-22-34)35-23-11-4-12-24-35)28-37(29-39(40)45-41)43(33-19-7-2-8-20-33)36-26-25-30-15-13-14-18-32(30)27-36/h1-29H. The molecule has 214 valence electrons. The van der Waals surface area contributed by atoms with Crippen LogP contribution in [0.3, 0.4) is 0 Å². The molecule has 0 aliphatic heterocycles. The largest absolute Gasteiger partial charge is 0.436 e. The molecule has 8 rings (SSSR count). The molecule has 1 aromatic heterocycles. The van der Waals surface area contributed by atoms with Gasteiger partial charge in [0.2, 0.25) is 5.89 Å². The van der Waals surface area contributed by atoms with Gasteiger partial charge in [-0.2, -0.15) is 0 Å². The number of nitrogens with zero attached hydrogens (tertiary/aromatic N) is 3. The van der Waals surface area contributed by atoms with E-state index in [0.717, 1.165) is 45.2 Å². The van der Waals surface area contributed by atoms with Crippen LogP contribution in [0.25, 0.3) is 33.3 Å². The van der Waals surface area contributed by atoms with Gasteiger partial charge in [0, 0.05) is 34.4 Å². The van der Waals surface area contributed by atoms with Gasteiger partial charge in [0.25, 0.3) is 0 Å². The number of para-hydroxylation sites is 3. The van der Waals surface area contributed by atoms with Gasteiger partial charge in [0.15, 0.2) is 5.58 Å². The summed E-state index contributed by atoms with van der Waals surface area (Å²) in [4.78, 5) is 9.66. The zero-order valence-corrected chi connectivity index (χ0v) is 24.5. The zero-order valence-electron chi connectivity index (χ0n) is 24.5. The highest BCUT2D eigenvalue weighted by Gasteiger charge is 2.23. The van der Waals surface area contributed by atoms with Crippen molar-refractivity contribution in [2.45, 2.75) is 0 Å². The summed E-state index contributed by atoms with van der Waals surface area (Å²) in [6.45, 7) is 0. The van der Waals surface area contributed by atoms with Crippen LogP contribution >= 0.6 is 0 Å². The van der Waals surface area contributed by atoms with Crippen LogP contribution in [0.5, 0.6) is 0 Å². The summed E-state index contributed by atoms with van der Waals surface area (Å²) in [7, 11) is 0. The SMILES string of the molecule is c1ccc(-c2nc3c(N(c4ccccc4)c4ccccc4)cc(N(c4ccccc4)c4ccc5ccccc5c4)cc3o2)cc1. The molecule has 0 unspecified atom stereocenters. The van der Waals surface area contributed by atoms with Gasteiger partial charge in [0.1, 0.15) is 5.52 Å². The van der Waals surface area contributed by atoms with E-state index in [1.165, 1.54) is 10.8 Å². The molecular formula is C41H29N3O. The second kappa shape index (κ2) is 11.5. The molecular weight excluding hydrogens is 550 g/mol. The Hall–Kier alpha value is -6.13. The van der Waals surface area contributed by atoms with Gasteiger partial charge in [-0.3, -0.25) is 0 Å². The molecule has 0 saturated carbocycles. The average molecular weight is 580 g/mol. The number of fused-ring (bicyclic) bond motifs is 2. The predicted molar refractivity (Wildman–Crippen MR) is 186 cm³/mol. The van der Waals surface area contributed by atoms with Crippen molar-refractivity contribution < 1.29 is 4.42 Å². The van der Waals surface area contributed by atoms with Crippen LogP contribution < -0.4 is 9.80 Å². The second-order valence-corrected chi connectivity index (χ2v) is 10.9. The number of hydrogen-bond donors (Lipinski definition) is 0. The minimum absolute atomic E-state index is 0.585. The summed E-state index contributed by atoms with van der Waals surface area (Å²) in [5, 5.41) is 2.38. The summed E-state index contributed by atoms with van der Waals surface area (Å²) in [6.07, 6.45) is 0. The Bertz CT molecular complexity index is 2170. The Kier molecular flexibility index (Phi) is 6.78. The van der Waals surface area contributed by atoms with Crippen LogP contribution in [-0.2, 0) is 0 Å². The lowest BCUT2D eigenvalue weighted by atomic mass is 10.1. The molecule has 0 spiro atoms. The molecule has 0 radical (unpaired) electrons. The third kappa shape index (κ3) is 5.09. The van der Waals surface area contributed by atoms with E-state index in [4.69, 9.17) is 9.40 Å². The molecule has 1 heterocycles. The highest BCUT2D eigenvalue weighted by molar-refractivity contribution is 6.00. The molecule has 0 amide bonds. The van der Waals surface area contributed by atoms with Crippen molar-refractivity contribution in [1.82, 2.24) is 4.98 Å². The van der Waals surface area contributed by atoms with Crippen molar-refractivity contribution in [3.63, 3.8) is 0 Å². The van der Waals surface area contributed by atoms with Gasteiger partial charge in [0.05, 0.1) is 11.4 Å². The molecule has 0 fully saturated rings. The van der Waals surface area contributed by atoms with Crippen molar-refractivity contribution in [2.75, 3.05) is 9.80 Å². The van der Waals surface area contributed by atoms with E-state index in [1.54, 1.807) is 0 Å². The first-order valence-corrected chi connectivity index (χ1v) is 15.1. The normalized spacial score (nSPS) is 11.1. The summed E-state index contributed by atoms with van der Waals surface area (Å²) >= 11 is 0. The number of hydrogen-bond acceptors (Lipinski definition) is 4. The van der Waals surface area contributed by atoms with Crippen LogP contribution in [0.1, 0.15) is 0 Å². The fourth-order valence-corrected chi connectivity index (χ4v) is 5.92. The fourth-order valence-electron chi connectivity index (χ4n) is 5.92. The van der Waals surface area contributed by atoms with Crippen LogP contribution in [-0.4, -0.2) is 4.98 Å². The lowest BCUT2D eigenvalue weighted by Gasteiger charge is -2.29. The average Bonchev–Trinajstić information content (AvgIpc) is 3.55. The minimum Gasteiger partial charge on any atom is -0.436 e. The third-order valence-electron chi connectivity index (χ3n) is 8.01. The van der Waals surface area contributed by atoms with E-state index in [9.17, 15) is 0 Å². The van der Waals surface area contributed by atoms with Gasteiger partial charge in [-0.15, -0.1) is 0 Å². The molecule has 0 N–H and O–H groups in total. The van der Waals surface area contributed by atoms with Crippen LogP contribution in [0.2, 0.25) is 0 Å². The Morgan fingerprint density at radius 1 is 0.400 bits per heavy atom. The molecule has 8 aromatic rings. The van der Waals surface area contributed by atoms with Gasteiger partial charge >= 0.3 is 0 Å². The van der Waals surface area contributed by atoms with Crippen LogP contribution in [0, 0.1) is 0 Å². The summed E-state index contributed by atoms with van der Waals surface area (Å²) in [5.41, 5.74) is 8.48. The Labute approximate surface area is 262 Å². The van der Waals surface area contributed by atoms with Gasteiger partial charge in [-0.1, -0.05) is 103 Å². The maximum Gasteiger partial charge on any atom is 0.227 e. The predicted octanol–water partition coefficient (Wildman–Crippen LogP) is 11.6. The second-order valence-electron chi connectivity index (χ2n) is 10.9. The van der Waals surface area contributed by atoms with Crippen molar-refractivity contribution >= 4 is 56.0 Å². The first-order valence-electron chi connectivity index (χ1n) is 15.1. The van der Waals surface area contributed by atoms with E-state index < -0.39 is 0 Å². The smallest absolute Gasteiger partial charge is 0.227 e. The Morgan fingerprint density at radius 3 is 1.56 bits per heavy atom. The number of aromatic nitrogens is 1. The minimum atomic E-state index is 0.585. The van der Waals surface area contributed by atoms with Crippen molar-refractivity contribution in [3.05, 3.63) is 176 Å². The van der Waals surface area contributed by atoms with Gasteiger partial charge in [-0.25, -0.2) is 4.98 Å². The van der Waals surface area contributed by atoms with Gasteiger partial charge < -0.3 is 14.2 Å². The van der Waals surface area contributed by atoms with E-state index in [1.807, 2.05) is 48.5 Å². The first-order chi connectivity index (χ1) is 22.3. The van der Waals surface area contributed by atoms with Gasteiger partial charge in [-0.05, 0) is 77.5 Å². The molecule has 7 aromatic carbocycles. The van der Waals surface area contributed by atoms with E-state index in [2.05, 4.69) is 137 Å². The molecule has 4 heteroatoms. The fraction of sp³-hybridized carbons (Fsp3) is 0. The molecule has 4 nitrogen and oxygen atoms in total. The highest BCUT2D eigenvalue weighted by Crippen LogP contribution is 2.45. The van der Waals surface area contributed by atoms with E-state index in [-0.39, 0.29) is 0 Å². The maximum absolute atomic E-state index is 6.59. The summed E-state index contributed by atoms with van der Waals surface area (Å²) in [6, 6.07) is 60.8. The summed E-state index contributed by atoms with van der Waals surface area (Å²) < 4.78 is 6.59. The topological polar surface area (TPSA) is 32.5 Å². The first kappa shape index (κ1) is 26.5. The van der Waals surface area contributed by atoms with Crippen molar-refractivity contribution in [3.8, 4) is 11.5 Å². The lowest BCUT2D eigenvalue weighted by molar-refractivity contribution is 0.620. The van der Waals surface area contributed by atoms with E-state index in [0.29, 0.717) is 11.5 Å². The Morgan fingerprint density at radius 2 is 0.933 bits per heavy atom. The molecule has 45 heavy (non-hydrogen) atoms. The molecule has 0 atom stereocenters. The quantitative estimate of drug-likeness (QED) is 0.188. The number of oxazole rings is 1. The number of benzene rings is 7. The van der Waals surface area contributed by atoms with Crippen LogP contribution in [0.4, 0.5) is 34.1 Å². The monoisotopic (exact) mass is 579 g/mol. The molecule has 0 saturated heterocycles. The van der Waals surface area contributed by atoms with Crippen molar-refractivity contribution in [2.24, 2.45) is 0 Å². The van der Waals surface area contributed by atoms with Crippen LogP contribution in [0.15, 0.2) is 180 Å². The molecule has 0 aliphatic rings. The third-order valence-corrected chi connectivity index (χ3v) is 8.01. The van der Waals surface area contributed by atoms with Crippen molar-refractivity contribution in [1.29, 1.82) is 0 Å². The summed E-state index contributed by atoms with van der Waals surface area (Å²) in [5.74, 6) is 0.585. The zero-order chi connectivity index (χ0) is 30.0. The number of rotatable bonds is 7.